The first-order chi connectivity index (χ1) is 9.72. The minimum absolute atomic E-state index is 0.0210. The Hall–Kier alpha value is -2.08. The summed E-state index contributed by atoms with van der Waals surface area (Å²) in [6, 6.07) is 3.55. The molecule has 5 nitrogen and oxygen atoms in total. The third-order valence-corrected chi connectivity index (χ3v) is 3.54. The van der Waals surface area contributed by atoms with Gasteiger partial charge in [0.05, 0.1) is 6.20 Å². The molecule has 7 heteroatoms. The molecule has 100 valence electrons. The van der Waals surface area contributed by atoms with E-state index in [2.05, 4.69) is 20.2 Å². The SMILES string of the molecule is Fc1cnc(Cl)nc1-c1ccc2nnc(C3CC3)n2c1. The summed E-state index contributed by atoms with van der Waals surface area (Å²) in [5, 5.41) is 8.33. The third kappa shape index (κ3) is 1.84. The summed E-state index contributed by atoms with van der Waals surface area (Å²) in [5.41, 5.74) is 1.56. The van der Waals surface area contributed by atoms with Crippen molar-refractivity contribution in [2.24, 2.45) is 0 Å². The predicted octanol–water partition coefficient (Wildman–Crippen LogP) is 2.86. The highest BCUT2D eigenvalue weighted by Gasteiger charge is 2.28. The van der Waals surface area contributed by atoms with Gasteiger partial charge in [0.2, 0.25) is 5.28 Å². The van der Waals surface area contributed by atoms with Gasteiger partial charge in [-0.25, -0.2) is 14.4 Å². The van der Waals surface area contributed by atoms with Gasteiger partial charge in [-0.3, -0.25) is 4.40 Å². The smallest absolute Gasteiger partial charge is 0.223 e. The predicted molar refractivity (Wildman–Crippen MR) is 71.0 cm³/mol. The van der Waals surface area contributed by atoms with Crippen LogP contribution in [-0.4, -0.2) is 24.6 Å². The van der Waals surface area contributed by atoms with E-state index in [0.717, 1.165) is 30.5 Å². The molecule has 20 heavy (non-hydrogen) atoms. The van der Waals surface area contributed by atoms with Crippen LogP contribution in [0.4, 0.5) is 4.39 Å². The molecule has 0 radical (unpaired) electrons. The maximum atomic E-state index is 13.8. The molecule has 0 unspecified atom stereocenters. The first kappa shape index (κ1) is 11.7. The zero-order chi connectivity index (χ0) is 13.7. The van der Waals surface area contributed by atoms with Gasteiger partial charge in [0.15, 0.2) is 11.5 Å². The molecule has 1 aliphatic rings. The highest BCUT2D eigenvalue weighted by Crippen LogP contribution is 2.39. The molecule has 0 amide bonds. The number of halogens is 2. The van der Waals surface area contributed by atoms with Crippen molar-refractivity contribution in [2.45, 2.75) is 18.8 Å². The molecule has 1 saturated carbocycles. The first-order valence-corrected chi connectivity index (χ1v) is 6.63. The van der Waals surface area contributed by atoms with Crippen molar-refractivity contribution >= 4 is 17.2 Å². The molecule has 3 heterocycles. The van der Waals surface area contributed by atoms with Crippen LogP contribution < -0.4 is 0 Å². The fourth-order valence-corrected chi connectivity index (χ4v) is 2.35. The van der Waals surface area contributed by atoms with Gasteiger partial charge in [0.1, 0.15) is 11.5 Å². The van der Waals surface area contributed by atoms with Crippen LogP contribution in [0.2, 0.25) is 5.28 Å². The number of aromatic nitrogens is 5. The largest absolute Gasteiger partial charge is 0.286 e. The summed E-state index contributed by atoms with van der Waals surface area (Å²) in [7, 11) is 0. The quantitative estimate of drug-likeness (QED) is 0.681. The lowest BCUT2D eigenvalue weighted by Crippen LogP contribution is -1.96. The summed E-state index contributed by atoms with van der Waals surface area (Å²) in [6.45, 7) is 0. The average Bonchev–Trinajstić information content (AvgIpc) is 3.21. The van der Waals surface area contributed by atoms with Gasteiger partial charge in [-0.05, 0) is 36.6 Å². The number of pyridine rings is 1. The molecule has 0 bridgehead atoms. The summed E-state index contributed by atoms with van der Waals surface area (Å²) in [6.07, 6.45) is 5.12. The molecule has 3 aromatic rings. The van der Waals surface area contributed by atoms with Crippen molar-refractivity contribution < 1.29 is 4.39 Å². The van der Waals surface area contributed by atoms with Crippen LogP contribution >= 0.6 is 11.6 Å². The van der Waals surface area contributed by atoms with E-state index in [-0.39, 0.29) is 11.0 Å². The van der Waals surface area contributed by atoms with Crippen LogP contribution in [0.5, 0.6) is 0 Å². The Balaban J connectivity index is 1.91. The minimum Gasteiger partial charge on any atom is -0.286 e. The van der Waals surface area contributed by atoms with E-state index in [4.69, 9.17) is 11.6 Å². The second-order valence-electron chi connectivity index (χ2n) is 4.81. The fraction of sp³-hybridized carbons (Fsp3) is 0.231. The normalized spacial score (nSPS) is 14.9. The molecular weight excluding hydrogens is 281 g/mol. The van der Waals surface area contributed by atoms with Crippen molar-refractivity contribution in [3.63, 3.8) is 0 Å². The Morgan fingerprint density at radius 3 is 2.90 bits per heavy atom. The summed E-state index contributed by atoms with van der Waals surface area (Å²) >= 11 is 5.74. The number of fused-ring (bicyclic) bond motifs is 1. The molecule has 0 saturated heterocycles. The third-order valence-electron chi connectivity index (χ3n) is 3.36. The van der Waals surface area contributed by atoms with E-state index in [0.29, 0.717) is 11.5 Å². The molecule has 0 aromatic carbocycles. The molecule has 0 atom stereocenters. The van der Waals surface area contributed by atoms with Crippen LogP contribution in [0, 0.1) is 5.82 Å². The van der Waals surface area contributed by atoms with E-state index in [1.165, 1.54) is 0 Å². The van der Waals surface area contributed by atoms with Crippen molar-refractivity contribution in [1.82, 2.24) is 24.6 Å². The van der Waals surface area contributed by atoms with Crippen molar-refractivity contribution in [1.29, 1.82) is 0 Å². The lowest BCUT2D eigenvalue weighted by atomic mass is 10.2. The standard InChI is InChI=1S/C13H9ClFN5/c14-13-16-5-9(15)11(17-13)8-3-4-10-18-19-12(7-1-2-7)20(10)6-8/h3-7H,1-2H2. The fourth-order valence-electron chi connectivity index (χ4n) is 2.22. The van der Waals surface area contributed by atoms with Gasteiger partial charge < -0.3 is 0 Å². The Bertz CT molecular complexity index is 812. The zero-order valence-corrected chi connectivity index (χ0v) is 11.0. The van der Waals surface area contributed by atoms with Crippen LogP contribution in [0.3, 0.4) is 0 Å². The van der Waals surface area contributed by atoms with Crippen LogP contribution in [0.1, 0.15) is 24.6 Å². The monoisotopic (exact) mass is 289 g/mol. The molecule has 0 N–H and O–H groups in total. The molecule has 0 spiro atoms. The number of hydrogen-bond acceptors (Lipinski definition) is 4. The van der Waals surface area contributed by atoms with Crippen LogP contribution in [0.25, 0.3) is 16.9 Å². The lowest BCUT2D eigenvalue weighted by Gasteiger charge is -2.04. The van der Waals surface area contributed by atoms with Crippen molar-refractivity contribution in [2.75, 3.05) is 0 Å². The average molecular weight is 290 g/mol. The second-order valence-corrected chi connectivity index (χ2v) is 5.15. The van der Waals surface area contributed by atoms with E-state index >= 15 is 0 Å². The van der Waals surface area contributed by atoms with Gasteiger partial charge in [0.25, 0.3) is 0 Å². The maximum Gasteiger partial charge on any atom is 0.223 e. The Labute approximate surface area is 118 Å². The van der Waals surface area contributed by atoms with Crippen molar-refractivity contribution in [3.05, 3.63) is 41.5 Å². The zero-order valence-electron chi connectivity index (χ0n) is 10.3. The Morgan fingerprint density at radius 1 is 1.25 bits per heavy atom. The summed E-state index contributed by atoms with van der Waals surface area (Å²) in [5.74, 6) is 0.872. The minimum atomic E-state index is -0.505. The van der Waals surface area contributed by atoms with E-state index in [1.807, 2.05) is 4.40 Å². The van der Waals surface area contributed by atoms with Crippen LogP contribution in [0.15, 0.2) is 24.5 Å². The van der Waals surface area contributed by atoms with E-state index in [1.54, 1.807) is 18.3 Å². The Morgan fingerprint density at radius 2 is 2.10 bits per heavy atom. The molecular formula is C13H9ClFN5. The van der Waals surface area contributed by atoms with Crippen LogP contribution in [-0.2, 0) is 0 Å². The van der Waals surface area contributed by atoms with E-state index in [9.17, 15) is 4.39 Å². The van der Waals surface area contributed by atoms with Gasteiger partial charge in [-0.1, -0.05) is 0 Å². The van der Waals surface area contributed by atoms with E-state index < -0.39 is 5.82 Å². The molecule has 4 rings (SSSR count). The Kier molecular flexibility index (Phi) is 2.47. The molecule has 0 aliphatic heterocycles. The van der Waals surface area contributed by atoms with Gasteiger partial charge in [-0.15, -0.1) is 10.2 Å². The molecule has 3 aromatic heterocycles. The number of hydrogen-bond donors (Lipinski definition) is 0. The first-order valence-electron chi connectivity index (χ1n) is 6.25. The van der Waals surface area contributed by atoms with Gasteiger partial charge in [-0.2, -0.15) is 0 Å². The lowest BCUT2D eigenvalue weighted by molar-refractivity contribution is 0.618. The second kappa shape index (κ2) is 4.21. The summed E-state index contributed by atoms with van der Waals surface area (Å²) in [4.78, 5) is 7.57. The molecule has 1 fully saturated rings. The van der Waals surface area contributed by atoms with Gasteiger partial charge >= 0.3 is 0 Å². The molecule has 1 aliphatic carbocycles. The maximum absolute atomic E-state index is 13.8. The number of nitrogens with zero attached hydrogens (tertiary/aromatic N) is 5. The highest BCUT2D eigenvalue weighted by atomic mass is 35.5. The summed E-state index contributed by atoms with van der Waals surface area (Å²) < 4.78 is 15.7. The number of rotatable bonds is 2. The topological polar surface area (TPSA) is 56.0 Å². The van der Waals surface area contributed by atoms with Gasteiger partial charge in [0, 0.05) is 17.7 Å². The van der Waals surface area contributed by atoms with Crippen molar-refractivity contribution in [3.8, 4) is 11.3 Å². The highest BCUT2D eigenvalue weighted by molar-refractivity contribution is 6.28.